The predicted octanol–water partition coefficient (Wildman–Crippen LogP) is 4.15. The van der Waals surface area contributed by atoms with E-state index < -0.39 is 60.9 Å². The van der Waals surface area contributed by atoms with E-state index in [4.69, 9.17) is 0 Å². The number of aliphatic hydroxyl groups is 1. The summed E-state index contributed by atoms with van der Waals surface area (Å²) in [6.07, 6.45) is -9.70. The highest BCUT2D eigenvalue weighted by atomic mass is 19.4. The van der Waals surface area contributed by atoms with Crippen molar-refractivity contribution in [3.63, 3.8) is 0 Å². The maximum atomic E-state index is 13.7. The van der Waals surface area contributed by atoms with Gasteiger partial charge < -0.3 is 19.8 Å². The molecule has 2 fully saturated rings. The summed E-state index contributed by atoms with van der Waals surface area (Å²) in [7, 11) is 1.31. The number of hydrogen-bond acceptors (Lipinski definition) is 4. The fourth-order valence-electron chi connectivity index (χ4n) is 5.43. The summed E-state index contributed by atoms with van der Waals surface area (Å²) < 4.78 is 80.0. The molecule has 2 N–H and O–H groups in total. The molecule has 212 valence electrons. The number of benzene rings is 2. The van der Waals surface area contributed by atoms with E-state index in [2.05, 4.69) is 5.32 Å². The molecule has 13 heteroatoms. The molecule has 2 heterocycles. The summed E-state index contributed by atoms with van der Waals surface area (Å²) in [5.74, 6) is -0.211. The van der Waals surface area contributed by atoms with Crippen LogP contribution in [-0.2, 0) is 23.7 Å². The number of halogens is 6. The van der Waals surface area contributed by atoms with Crippen LogP contribution in [-0.4, -0.2) is 70.7 Å². The molecule has 2 aliphatic heterocycles. The Hall–Kier alpha value is -3.32. The number of nitrogens with one attached hydrogen (secondary N) is 1. The van der Waals surface area contributed by atoms with Crippen LogP contribution in [0.25, 0.3) is 0 Å². The van der Waals surface area contributed by atoms with Crippen molar-refractivity contribution in [2.45, 2.75) is 50.4 Å². The van der Waals surface area contributed by atoms with E-state index in [0.717, 1.165) is 16.0 Å². The first-order valence-electron chi connectivity index (χ1n) is 12.2. The number of aryl methyl sites for hydroxylation is 1. The van der Waals surface area contributed by atoms with Gasteiger partial charge >= 0.3 is 18.4 Å². The number of aliphatic hydroxyl groups excluding tert-OH is 1. The van der Waals surface area contributed by atoms with Crippen LogP contribution in [0.4, 0.5) is 31.1 Å². The van der Waals surface area contributed by atoms with Gasteiger partial charge in [-0.2, -0.15) is 26.3 Å². The Labute approximate surface area is 221 Å². The van der Waals surface area contributed by atoms with Gasteiger partial charge in [0.1, 0.15) is 0 Å². The lowest BCUT2D eigenvalue weighted by atomic mass is 9.90. The van der Waals surface area contributed by atoms with Crippen molar-refractivity contribution in [3.8, 4) is 0 Å². The van der Waals surface area contributed by atoms with E-state index in [0.29, 0.717) is 18.6 Å². The fourth-order valence-corrected chi connectivity index (χ4v) is 5.43. The monoisotopic (exact) mass is 558 g/mol. The molecule has 3 amide bonds. The smallest absolute Gasteiger partial charge is 0.381 e. The number of carbonyl (C=O) groups excluding carboxylic acids is 2. The molecule has 3 atom stereocenters. The van der Waals surface area contributed by atoms with Gasteiger partial charge in [-0.15, -0.1) is 0 Å². The molecular weight excluding hydrogens is 530 g/mol. The minimum absolute atomic E-state index is 0.0483. The van der Waals surface area contributed by atoms with E-state index in [1.165, 1.54) is 11.9 Å². The molecule has 39 heavy (non-hydrogen) atoms. The van der Waals surface area contributed by atoms with E-state index in [9.17, 15) is 41.0 Å². The molecular formula is C26H28F6N4O3. The second kappa shape index (κ2) is 10.7. The number of alkyl halides is 6. The van der Waals surface area contributed by atoms with Crippen LogP contribution in [0.2, 0.25) is 0 Å². The number of rotatable bonds is 5. The van der Waals surface area contributed by atoms with E-state index in [1.807, 2.05) is 25.1 Å². The van der Waals surface area contributed by atoms with Crippen LogP contribution in [0.3, 0.4) is 0 Å². The van der Waals surface area contributed by atoms with Gasteiger partial charge in [0.25, 0.3) is 0 Å². The third kappa shape index (κ3) is 5.83. The van der Waals surface area contributed by atoms with Crippen molar-refractivity contribution < 1.29 is 41.0 Å². The molecule has 0 aliphatic carbocycles. The Bertz CT molecular complexity index is 1200. The number of carbonyl (C=O) groups is 2. The van der Waals surface area contributed by atoms with Crippen LogP contribution < -0.4 is 5.32 Å². The first-order chi connectivity index (χ1) is 18.2. The molecule has 2 aromatic rings. The molecule has 2 aromatic carbocycles. The third-order valence-corrected chi connectivity index (χ3v) is 7.22. The van der Waals surface area contributed by atoms with Gasteiger partial charge in [-0.05, 0) is 48.2 Å². The van der Waals surface area contributed by atoms with Gasteiger partial charge in [-0.3, -0.25) is 10.1 Å². The minimum Gasteiger partial charge on any atom is -0.381 e. The van der Waals surface area contributed by atoms with Gasteiger partial charge in [-0.1, -0.05) is 24.3 Å². The summed E-state index contributed by atoms with van der Waals surface area (Å²) in [5, 5.41) is 12.0. The standard InChI is InChI=1S/C26H28F6N4O3/c1-15-5-3-4-6-19(15)22-21-12-20(33-14-37)23(38)35(21)7-8-36(22)24(39)34(2)13-16-9-17(25(27,28)29)11-18(10-16)26(30,31)32/h3-6,9-11,20-22,33,37H,7-8,12-14H2,1-2H3. The van der Waals surface area contributed by atoms with Crippen molar-refractivity contribution in [1.29, 1.82) is 0 Å². The molecule has 2 saturated heterocycles. The van der Waals surface area contributed by atoms with Crippen molar-refractivity contribution >= 4 is 11.9 Å². The van der Waals surface area contributed by atoms with Gasteiger partial charge in [0, 0.05) is 26.7 Å². The molecule has 7 nitrogen and oxygen atoms in total. The quantitative estimate of drug-likeness (QED) is 0.427. The molecule has 4 rings (SSSR count). The van der Waals surface area contributed by atoms with E-state index in [1.54, 1.807) is 11.0 Å². The summed E-state index contributed by atoms with van der Waals surface area (Å²) in [6, 6.07) is 6.24. The second-order valence-electron chi connectivity index (χ2n) is 9.80. The number of nitrogens with zero attached hydrogens (tertiary/aromatic N) is 3. The molecule has 0 spiro atoms. The zero-order valence-electron chi connectivity index (χ0n) is 21.2. The molecule has 3 unspecified atom stereocenters. The number of piperazine rings is 1. The Kier molecular flexibility index (Phi) is 7.86. The van der Waals surface area contributed by atoms with Crippen LogP contribution in [0.5, 0.6) is 0 Å². The summed E-state index contributed by atoms with van der Waals surface area (Å²) in [5.41, 5.74) is -1.60. The van der Waals surface area contributed by atoms with Crippen LogP contribution >= 0.6 is 0 Å². The van der Waals surface area contributed by atoms with Crippen LogP contribution in [0, 0.1) is 6.92 Å². The number of amides is 3. The summed E-state index contributed by atoms with van der Waals surface area (Å²) in [6.45, 7) is 1.24. The normalized spacial score (nSPS) is 21.8. The lowest BCUT2D eigenvalue weighted by Gasteiger charge is -2.46. The molecule has 2 aliphatic rings. The molecule has 0 radical (unpaired) electrons. The zero-order valence-corrected chi connectivity index (χ0v) is 21.2. The lowest BCUT2D eigenvalue weighted by Crippen LogP contribution is -2.57. The lowest BCUT2D eigenvalue weighted by molar-refractivity contribution is -0.143. The number of fused-ring (bicyclic) bond motifs is 1. The van der Waals surface area contributed by atoms with Crippen molar-refractivity contribution in [2.75, 3.05) is 26.9 Å². The van der Waals surface area contributed by atoms with E-state index >= 15 is 0 Å². The third-order valence-electron chi connectivity index (χ3n) is 7.22. The van der Waals surface area contributed by atoms with E-state index in [-0.39, 0.29) is 30.6 Å². The average Bonchev–Trinajstić information content (AvgIpc) is 3.17. The first-order valence-corrected chi connectivity index (χ1v) is 12.2. The van der Waals surface area contributed by atoms with Crippen molar-refractivity contribution in [2.24, 2.45) is 0 Å². The Morgan fingerprint density at radius 3 is 2.23 bits per heavy atom. The second-order valence-corrected chi connectivity index (χ2v) is 9.80. The summed E-state index contributed by atoms with van der Waals surface area (Å²) >= 11 is 0. The number of urea groups is 1. The van der Waals surface area contributed by atoms with Crippen molar-refractivity contribution in [3.05, 3.63) is 70.3 Å². The maximum absolute atomic E-state index is 13.7. The molecule has 0 aromatic heterocycles. The zero-order chi connectivity index (χ0) is 28.7. The van der Waals surface area contributed by atoms with Crippen LogP contribution in [0.1, 0.15) is 40.3 Å². The Balaban J connectivity index is 1.66. The minimum atomic E-state index is -5.00. The average molecular weight is 559 g/mol. The highest BCUT2D eigenvalue weighted by Crippen LogP contribution is 2.40. The predicted molar refractivity (Wildman–Crippen MR) is 128 cm³/mol. The largest absolute Gasteiger partial charge is 0.416 e. The highest BCUT2D eigenvalue weighted by molar-refractivity contribution is 5.85. The first kappa shape index (κ1) is 28.7. The van der Waals surface area contributed by atoms with Gasteiger partial charge in [0.05, 0.1) is 36.0 Å². The fraction of sp³-hybridized carbons (Fsp3) is 0.462. The van der Waals surface area contributed by atoms with Gasteiger partial charge in [0.15, 0.2) is 0 Å². The maximum Gasteiger partial charge on any atom is 0.416 e. The highest BCUT2D eigenvalue weighted by Gasteiger charge is 2.49. The number of hydrogen-bond donors (Lipinski definition) is 2. The van der Waals surface area contributed by atoms with Crippen molar-refractivity contribution in [1.82, 2.24) is 20.0 Å². The SMILES string of the molecule is Cc1ccccc1C1C2CC(NCO)C(=O)N2CCN1C(=O)N(C)Cc1cc(C(F)(F)F)cc(C(F)(F)F)c1. The van der Waals surface area contributed by atoms with Gasteiger partial charge in [-0.25, -0.2) is 4.79 Å². The molecule has 0 saturated carbocycles. The van der Waals surface area contributed by atoms with Gasteiger partial charge in [0.2, 0.25) is 5.91 Å². The Morgan fingerprint density at radius 1 is 1.05 bits per heavy atom. The topological polar surface area (TPSA) is 76.1 Å². The summed E-state index contributed by atoms with van der Waals surface area (Å²) in [4.78, 5) is 30.9. The molecule has 0 bridgehead atoms. The van der Waals surface area contributed by atoms with Crippen LogP contribution in [0.15, 0.2) is 42.5 Å². The Morgan fingerprint density at radius 2 is 1.67 bits per heavy atom.